The topological polar surface area (TPSA) is 43.4 Å². The second-order valence-electron chi connectivity index (χ2n) is 26.3. The minimum Gasteiger partial charge on any atom is -0.493 e. The molecule has 0 saturated carbocycles. The molecule has 2 aliphatic heterocycles. The summed E-state index contributed by atoms with van der Waals surface area (Å²) in [6.45, 7) is 19.6. The van der Waals surface area contributed by atoms with Crippen LogP contribution in [0.2, 0.25) is 0 Å². The summed E-state index contributed by atoms with van der Waals surface area (Å²) in [6, 6.07) is 58.6. The summed E-state index contributed by atoms with van der Waals surface area (Å²) in [7, 11) is 0. The van der Waals surface area contributed by atoms with Crippen LogP contribution < -0.4 is 28.7 Å². The minimum absolute atomic E-state index is 0.0170. The number of aryl methyl sites for hydroxylation is 2. The summed E-state index contributed by atoms with van der Waals surface area (Å²) >= 11 is 0. The summed E-state index contributed by atoms with van der Waals surface area (Å²) in [5, 5.41) is 0. The van der Waals surface area contributed by atoms with Crippen molar-refractivity contribution in [2.75, 3.05) is 23.0 Å². The number of unbranched alkanes of at least 4 members (excludes halogenated alkanes) is 12. The van der Waals surface area contributed by atoms with Crippen molar-refractivity contribution in [3.8, 4) is 67.9 Å². The Morgan fingerprint density at radius 2 is 0.719 bits per heavy atom. The van der Waals surface area contributed by atoms with Crippen LogP contribution in [-0.4, -0.2) is 13.2 Å². The van der Waals surface area contributed by atoms with Gasteiger partial charge in [-0.2, -0.15) is 0 Å². The molecule has 0 N–H and O–H groups in total. The van der Waals surface area contributed by atoms with Gasteiger partial charge in [-0.05, 0) is 205 Å². The van der Waals surface area contributed by atoms with Crippen molar-refractivity contribution in [2.45, 2.75) is 202 Å². The maximum atomic E-state index is 7.27. The van der Waals surface area contributed by atoms with Gasteiger partial charge >= 0.3 is 0 Å². The van der Waals surface area contributed by atoms with Crippen LogP contribution in [0.1, 0.15) is 205 Å². The monoisotopic (exact) mass is 1190 g/mol. The molecule has 11 rings (SSSR count). The molecule has 2 heterocycles. The predicted octanol–water partition coefficient (Wildman–Crippen LogP) is 25.7. The van der Waals surface area contributed by atoms with Crippen molar-refractivity contribution in [1.82, 2.24) is 0 Å². The summed E-state index contributed by atoms with van der Waals surface area (Å²) < 4.78 is 27.0. The SMILES string of the molecule is CCCCCCCCC1(CCCCCCCC)c2cc(C)ccc2-c2ccc(-c3ccc4c(c3)Oc3cc(-c5ccc6c(c5)Oc5cc(C)ccc5N6c5ccc(OCC(CC)CCCC)cc5)ccc3N4c3ccc(OCC(CC)CCCC)cc3)cc21. The van der Waals surface area contributed by atoms with Crippen LogP contribution in [0.5, 0.6) is 34.5 Å². The Balaban J connectivity index is 0.941. The van der Waals surface area contributed by atoms with E-state index in [4.69, 9.17) is 18.9 Å². The first-order valence-corrected chi connectivity index (χ1v) is 34.9. The van der Waals surface area contributed by atoms with Crippen LogP contribution in [0.4, 0.5) is 34.1 Å². The normalized spacial score (nSPS) is 13.9. The fourth-order valence-corrected chi connectivity index (χ4v) is 14.3. The van der Waals surface area contributed by atoms with Crippen molar-refractivity contribution in [3.05, 3.63) is 180 Å². The summed E-state index contributed by atoms with van der Waals surface area (Å²) in [5.41, 5.74) is 19.0. The van der Waals surface area contributed by atoms with Crippen LogP contribution in [0.25, 0.3) is 33.4 Å². The third kappa shape index (κ3) is 14.3. The third-order valence-corrected chi connectivity index (χ3v) is 19.7. The van der Waals surface area contributed by atoms with Crippen molar-refractivity contribution >= 4 is 34.1 Å². The molecular weight excluding hydrogens is 1090 g/mol. The van der Waals surface area contributed by atoms with E-state index in [1.807, 2.05) is 0 Å². The van der Waals surface area contributed by atoms with E-state index in [-0.39, 0.29) is 5.41 Å². The molecule has 6 nitrogen and oxygen atoms in total. The van der Waals surface area contributed by atoms with Gasteiger partial charge in [0, 0.05) is 16.8 Å². The summed E-state index contributed by atoms with van der Waals surface area (Å²) in [4.78, 5) is 4.68. The van der Waals surface area contributed by atoms with Crippen molar-refractivity contribution in [2.24, 2.45) is 11.8 Å². The van der Waals surface area contributed by atoms with E-state index in [0.29, 0.717) is 11.8 Å². The fraction of sp³-hybridized carbons (Fsp3) is 0.422. The third-order valence-electron chi connectivity index (χ3n) is 19.7. The quantitative estimate of drug-likeness (QED) is 0.0392. The van der Waals surface area contributed by atoms with Gasteiger partial charge in [0.25, 0.3) is 0 Å². The van der Waals surface area contributed by atoms with Crippen molar-refractivity contribution in [3.63, 3.8) is 0 Å². The number of nitrogens with zero attached hydrogens (tertiary/aromatic N) is 2. The molecule has 3 aliphatic rings. The molecule has 0 spiro atoms. The highest BCUT2D eigenvalue weighted by atomic mass is 16.5. The molecule has 2 atom stereocenters. The van der Waals surface area contributed by atoms with E-state index in [2.05, 4.69) is 223 Å². The minimum atomic E-state index is -0.0170. The van der Waals surface area contributed by atoms with Gasteiger partial charge in [0.05, 0.1) is 36.0 Å². The Hall–Kier alpha value is -7.44. The Kier molecular flexibility index (Phi) is 21.2. The lowest BCUT2D eigenvalue weighted by molar-refractivity contribution is 0.233. The molecule has 466 valence electrons. The molecular formula is C83H100N2O4. The van der Waals surface area contributed by atoms with Gasteiger partial charge in [-0.3, -0.25) is 0 Å². The van der Waals surface area contributed by atoms with E-state index < -0.39 is 0 Å². The van der Waals surface area contributed by atoms with E-state index in [9.17, 15) is 0 Å². The van der Waals surface area contributed by atoms with Gasteiger partial charge in [0.1, 0.15) is 11.5 Å². The summed E-state index contributed by atoms with van der Waals surface area (Å²) in [5.74, 6) is 6.17. The molecule has 0 fully saturated rings. The first-order chi connectivity index (χ1) is 43.6. The zero-order valence-electron chi connectivity index (χ0n) is 55.2. The molecule has 8 aromatic carbocycles. The number of hydrogen-bond donors (Lipinski definition) is 0. The van der Waals surface area contributed by atoms with Gasteiger partial charge in [0.15, 0.2) is 23.0 Å². The molecule has 1 aliphatic carbocycles. The van der Waals surface area contributed by atoms with Crippen molar-refractivity contribution < 1.29 is 18.9 Å². The van der Waals surface area contributed by atoms with E-state index in [1.165, 1.54) is 156 Å². The lowest BCUT2D eigenvalue weighted by Crippen LogP contribution is -2.25. The van der Waals surface area contributed by atoms with Gasteiger partial charge in [-0.1, -0.05) is 217 Å². The number of fused-ring (bicyclic) bond motifs is 7. The lowest BCUT2D eigenvalue weighted by atomic mass is 9.70. The number of hydrogen-bond acceptors (Lipinski definition) is 6. The molecule has 0 amide bonds. The first-order valence-electron chi connectivity index (χ1n) is 34.9. The molecule has 0 aromatic heterocycles. The van der Waals surface area contributed by atoms with Gasteiger partial charge < -0.3 is 28.7 Å². The number of benzene rings is 8. The maximum absolute atomic E-state index is 7.27. The zero-order valence-corrected chi connectivity index (χ0v) is 55.2. The fourth-order valence-electron chi connectivity index (χ4n) is 14.3. The molecule has 6 heteroatoms. The number of anilines is 6. The van der Waals surface area contributed by atoms with Crippen LogP contribution >= 0.6 is 0 Å². The Morgan fingerprint density at radius 1 is 0.360 bits per heavy atom. The largest absolute Gasteiger partial charge is 0.493 e. The molecule has 2 unspecified atom stereocenters. The van der Waals surface area contributed by atoms with E-state index in [0.717, 1.165) is 117 Å². The average molecular weight is 1190 g/mol. The van der Waals surface area contributed by atoms with Crippen LogP contribution in [-0.2, 0) is 5.41 Å². The van der Waals surface area contributed by atoms with Gasteiger partial charge in [-0.25, -0.2) is 0 Å². The Labute approximate surface area is 535 Å². The highest BCUT2D eigenvalue weighted by molar-refractivity contribution is 5.92. The summed E-state index contributed by atoms with van der Waals surface area (Å²) in [6.07, 6.45) is 27.5. The van der Waals surface area contributed by atoms with Crippen LogP contribution in [0.15, 0.2) is 158 Å². The van der Waals surface area contributed by atoms with Crippen molar-refractivity contribution in [1.29, 1.82) is 0 Å². The number of rotatable bonds is 32. The molecule has 0 radical (unpaired) electrons. The average Bonchev–Trinajstić information content (AvgIpc) is 1.72. The second kappa shape index (κ2) is 29.9. The van der Waals surface area contributed by atoms with E-state index in [1.54, 1.807) is 5.56 Å². The standard InChI is InChI=1S/C83H100N2O4/c1-9-15-19-21-23-25-49-83(50-26-24-22-20-16-10-2)73-51-59(7)29-43-71(73)72-44-31-63(53-74(72)83)64-32-46-77-81(54-64)89-82-56-66(34-48-78(82)85(77)68-37-41-70(42-38-68)87-58-62(14-6)28-18-12-4)65-33-47-76-80(55-65)88-79-52-60(8)30-45-75(79)84(76)67-35-39-69(40-36-67)86-57-61(13-5)27-17-11-3/h29-48,51-56,61-62H,9-28,49-50,57-58H2,1-8H3. The highest BCUT2D eigenvalue weighted by Crippen LogP contribution is 2.58. The van der Waals surface area contributed by atoms with Crippen LogP contribution in [0, 0.1) is 25.7 Å². The lowest BCUT2D eigenvalue weighted by Gasteiger charge is -2.34. The van der Waals surface area contributed by atoms with Gasteiger partial charge in [-0.15, -0.1) is 0 Å². The molecule has 89 heavy (non-hydrogen) atoms. The van der Waals surface area contributed by atoms with E-state index >= 15 is 0 Å². The van der Waals surface area contributed by atoms with Gasteiger partial charge in [0.2, 0.25) is 0 Å². The molecule has 0 bridgehead atoms. The zero-order chi connectivity index (χ0) is 61.7. The second-order valence-corrected chi connectivity index (χ2v) is 26.3. The Morgan fingerprint density at radius 3 is 1.17 bits per heavy atom. The Bertz CT molecular complexity index is 3600. The highest BCUT2D eigenvalue weighted by Gasteiger charge is 2.43. The first kappa shape index (κ1) is 63.1. The number of ether oxygens (including phenoxy) is 4. The van der Waals surface area contributed by atoms with Crippen LogP contribution in [0.3, 0.4) is 0 Å². The maximum Gasteiger partial charge on any atom is 0.152 e. The predicted molar refractivity (Wildman–Crippen MR) is 376 cm³/mol. The smallest absolute Gasteiger partial charge is 0.152 e. The molecule has 0 saturated heterocycles. The molecule has 8 aromatic rings.